The minimum Gasteiger partial charge on any atom is -0.497 e. The lowest BCUT2D eigenvalue weighted by Crippen LogP contribution is -2.27. The number of hydrogen-bond donors (Lipinski definition) is 1. The van der Waals surface area contributed by atoms with Gasteiger partial charge in [0.05, 0.1) is 36.7 Å². The molecule has 0 saturated carbocycles. The van der Waals surface area contributed by atoms with Crippen LogP contribution in [0.15, 0.2) is 47.7 Å². The van der Waals surface area contributed by atoms with Gasteiger partial charge in [0, 0.05) is 24.0 Å². The molecule has 3 aromatic heterocycles. The van der Waals surface area contributed by atoms with Crippen LogP contribution in [0.25, 0.3) is 15.9 Å². The fourth-order valence-electron chi connectivity index (χ4n) is 4.17. The number of aryl methyl sites for hydroxylation is 3. The lowest BCUT2D eigenvalue weighted by molar-refractivity contribution is -0.121. The molecule has 4 aromatic rings. The van der Waals surface area contributed by atoms with Gasteiger partial charge in [-0.2, -0.15) is 5.10 Å². The summed E-state index contributed by atoms with van der Waals surface area (Å²) in [4.78, 5) is 32.0. The molecule has 1 aliphatic carbocycles. The van der Waals surface area contributed by atoms with E-state index < -0.39 is 0 Å². The average molecular weight is 464 g/mol. The standard InChI is InChI=1S/C24H25N5O3S/c1-32-18-8-6-17(7-9-18)29-13-10-16(27-29)14-25-21(30)11-12-28-15-26-23-22(24(28)31)19-4-2-3-5-20(19)33-23/h6-10,13,15H,2-5,11-12,14H2,1H3,(H,25,30). The maximum absolute atomic E-state index is 13.0. The van der Waals surface area contributed by atoms with Gasteiger partial charge in [-0.3, -0.25) is 14.2 Å². The van der Waals surface area contributed by atoms with E-state index in [0.717, 1.165) is 46.6 Å². The predicted octanol–water partition coefficient (Wildman–Crippen LogP) is 3.24. The Morgan fingerprint density at radius 2 is 2.00 bits per heavy atom. The first-order chi connectivity index (χ1) is 16.1. The van der Waals surface area contributed by atoms with Crippen molar-refractivity contribution in [1.29, 1.82) is 0 Å². The molecule has 0 radical (unpaired) electrons. The summed E-state index contributed by atoms with van der Waals surface area (Å²) in [6.07, 6.45) is 7.89. The van der Waals surface area contributed by atoms with Gasteiger partial charge in [0.25, 0.3) is 5.56 Å². The molecule has 33 heavy (non-hydrogen) atoms. The van der Waals surface area contributed by atoms with Crippen molar-refractivity contribution in [2.45, 2.75) is 45.2 Å². The second-order valence-electron chi connectivity index (χ2n) is 8.11. The van der Waals surface area contributed by atoms with Crippen LogP contribution in [0.4, 0.5) is 0 Å². The molecule has 0 spiro atoms. The summed E-state index contributed by atoms with van der Waals surface area (Å²) in [7, 11) is 1.63. The smallest absolute Gasteiger partial charge is 0.262 e. The van der Waals surface area contributed by atoms with Gasteiger partial charge in [-0.1, -0.05) is 0 Å². The van der Waals surface area contributed by atoms with E-state index in [1.165, 1.54) is 16.9 Å². The van der Waals surface area contributed by atoms with Gasteiger partial charge in [-0.05, 0) is 61.6 Å². The topological polar surface area (TPSA) is 91.0 Å². The van der Waals surface area contributed by atoms with Crippen molar-refractivity contribution in [2.75, 3.05) is 7.11 Å². The number of fused-ring (bicyclic) bond motifs is 3. The summed E-state index contributed by atoms with van der Waals surface area (Å²) < 4.78 is 8.49. The average Bonchev–Trinajstić information content (AvgIpc) is 3.47. The zero-order valence-electron chi connectivity index (χ0n) is 18.4. The summed E-state index contributed by atoms with van der Waals surface area (Å²) in [5, 5.41) is 8.14. The summed E-state index contributed by atoms with van der Waals surface area (Å²) in [6, 6.07) is 9.45. The third kappa shape index (κ3) is 4.41. The highest BCUT2D eigenvalue weighted by Crippen LogP contribution is 2.33. The van der Waals surface area contributed by atoms with Crippen molar-refractivity contribution >= 4 is 27.5 Å². The van der Waals surface area contributed by atoms with E-state index in [4.69, 9.17) is 4.74 Å². The van der Waals surface area contributed by atoms with E-state index in [0.29, 0.717) is 13.1 Å². The number of hydrogen-bond acceptors (Lipinski definition) is 6. The Bertz CT molecular complexity index is 1350. The Hall–Kier alpha value is -3.46. The first-order valence-electron chi connectivity index (χ1n) is 11.1. The van der Waals surface area contributed by atoms with E-state index in [9.17, 15) is 9.59 Å². The van der Waals surface area contributed by atoms with E-state index in [1.54, 1.807) is 34.0 Å². The first kappa shape index (κ1) is 21.4. The molecular weight excluding hydrogens is 438 g/mol. The lowest BCUT2D eigenvalue weighted by Gasteiger charge is -2.10. The predicted molar refractivity (Wildman–Crippen MR) is 127 cm³/mol. The monoisotopic (exact) mass is 463 g/mol. The number of nitrogens with one attached hydrogen (secondary N) is 1. The van der Waals surface area contributed by atoms with Crippen LogP contribution in [-0.2, 0) is 30.7 Å². The fourth-order valence-corrected chi connectivity index (χ4v) is 5.39. The van der Waals surface area contributed by atoms with Gasteiger partial charge < -0.3 is 10.1 Å². The van der Waals surface area contributed by atoms with Crippen LogP contribution in [0.3, 0.4) is 0 Å². The Balaban J connectivity index is 1.19. The molecule has 0 bridgehead atoms. The molecule has 170 valence electrons. The number of carbonyl (C=O) groups is 1. The number of nitrogens with zero attached hydrogens (tertiary/aromatic N) is 4. The van der Waals surface area contributed by atoms with Crippen molar-refractivity contribution in [2.24, 2.45) is 0 Å². The molecule has 9 heteroatoms. The van der Waals surface area contributed by atoms with Gasteiger partial charge in [0.2, 0.25) is 5.91 Å². The highest BCUT2D eigenvalue weighted by molar-refractivity contribution is 7.18. The van der Waals surface area contributed by atoms with Crippen LogP contribution in [-0.4, -0.2) is 32.3 Å². The van der Waals surface area contributed by atoms with Crippen molar-refractivity contribution in [3.8, 4) is 11.4 Å². The van der Waals surface area contributed by atoms with Crippen molar-refractivity contribution in [3.63, 3.8) is 0 Å². The Morgan fingerprint density at radius 3 is 2.82 bits per heavy atom. The van der Waals surface area contributed by atoms with Crippen LogP contribution < -0.4 is 15.6 Å². The zero-order chi connectivity index (χ0) is 22.8. The summed E-state index contributed by atoms with van der Waals surface area (Å²) >= 11 is 1.64. The molecule has 0 atom stereocenters. The quantitative estimate of drug-likeness (QED) is 0.454. The second-order valence-corrected chi connectivity index (χ2v) is 9.19. The minimum absolute atomic E-state index is 0.0366. The second kappa shape index (κ2) is 9.19. The van der Waals surface area contributed by atoms with Crippen LogP contribution in [0.1, 0.15) is 35.4 Å². The van der Waals surface area contributed by atoms with Crippen molar-refractivity contribution < 1.29 is 9.53 Å². The maximum Gasteiger partial charge on any atom is 0.262 e. The SMILES string of the molecule is COc1ccc(-n2ccc(CNC(=O)CCn3cnc4sc5c(c4c3=O)CCCC5)n2)cc1. The van der Waals surface area contributed by atoms with Gasteiger partial charge >= 0.3 is 0 Å². The fraction of sp³-hybridized carbons (Fsp3) is 0.333. The highest BCUT2D eigenvalue weighted by Gasteiger charge is 2.20. The minimum atomic E-state index is -0.131. The van der Waals surface area contributed by atoms with Crippen molar-refractivity contribution in [3.05, 3.63) is 69.3 Å². The number of rotatable bonds is 7. The number of benzene rings is 1. The normalized spacial score (nSPS) is 13.1. The highest BCUT2D eigenvalue weighted by atomic mass is 32.1. The van der Waals surface area contributed by atoms with E-state index in [2.05, 4.69) is 15.4 Å². The summed E-state index contributed by atoms with van der Waals surface area (Å²) in [5.41, 5.74) is 2.80. The van der Waals surface area contributed by atoms with E-state index in [-0.39, 0.29) is 17.9 Å². The van der Waals surface area contributed by atoms with Crippen molar-refractivity contribution in [1.82, 2.24) is 24.6 Å². The van der Waals surface area contributed by atoms with E-state index >= 15 is 0 Å². The van der Waals surface area contributed by atoms with E-state index in [1.807, 2.05) is 36.5 Å². The maximum atomic E-state index is 13.0. The van der Waals surface area contributed by atoms with Gasteiger partial charge in [-0.25, -0.2) is 9.67 Å². The molecule has 1 aliphatic rings. The largest absolute Gasteiger partial charge is 0.497 e. The molecule has 0 saturated heterocycles. The summed E-state index contributed by atoms with van der Waals surface area (Å²) in [6.45, 7) is 0.630. The number of ether oxygens (including phenoxy) is 1. The Kier molecular flexibility index (Phi) is 5.95. The third-order valence-electron chi connectivity index (χ3n) is 5.97. The Labute approximate surface area is 194 Å². The molecule has 0 aliphatic heterocycles. The molecular formula is C24H25N5O3S. The molecule has 1 amide bonds. The van der Waals surface area contributed by atoms with Gasteiger partial charge in [-0.15, -0.1) is 11.3 Å². The lowest BCUT2D eigenvalue weighted by atomic mass is 9.97. The molecule has 5 rings (SSSR count). The number of amides is 1. The number of thiophene rings is 1. The molecule has 3 heterocycles. The Morgan fingerprint density at radius 1 is 1.18 bits per heavy atom. The van der Waals surface area contributed by atoms with Crippen LogP contribution in [0.5, 0.6) is 5.75 Å². The molecule has 0 fully saturated rings. The molecule has 1 N–H and O–H groups in total. The number of carbonyl (C=O) groups excluding carboxylic acids is 1. The number of methoxy groups -OCH3 is 1. The molecule has 8 nitrogen and oxygen atoms in total. The van der Waals surface area contributed by atoms with Crippen LogP contribution in [0.2, 0.25) is 0 Å². The number of aromatic nitrogens is 4. The third-order valence-corrected chi connectivity index (χ3v) is 7.17. The van der Waals surface area contributed by atoms with Gasteiger partial charge in [0.15, 0.2) is 0 Å². The first-order valence-corrected chi connectivity index (χ1v) is 11.9. The van der Waals surface area contributed by atoms with Gasteiger partial charge in [0.1, 0.15) is 10.6 Å². The molecule has 1 aromatic carbocycles. The van der Waals surface area contributed by atoms with Crippen LogP contribution in [0, 0.1) is 0 Å². The molecule has 0 unspecified atom stereocenters. The zero-order valence-corrected chi connectivity index (χ0v) is 19.2. The van der Waals surface area contributed by atoms with Crippen LogP contribution >= 0.6 is 11.3 Å². The summed E-state index contributed by atoms with van der Waals surface area (Å²) in [5.74, 6) is 0.652.